The van der Waals surface area contributed by atoms with Crippen molar-refractivity contribution < 1.29 is 13.2 Å². The summed E-state index contributed by atoms with van der Waals surface area (Å²) in [6.07, 6.45) is 1.55. The largest absolute Gasteiger partial charge is 0.496 e. The molecule has 1 aromatic carbocycles. The van der Waals surface area contributed by atoms with Crippen molar-refractivity contribution in [3.05, 3.63) is 35.3 Å². The Morgan fingerprint density at radius 2 is 2.19 bits per heavy atom. The fraction of sp³-hybridized carbons (Fsp3) is 0.308. The van der Waals surface area contributed by atoms with Gasteiger partial charge < -0.3 is 10.1 Å². The number of anilines is 1. The lowest BCUT2D eigenvalue weighted by Crippen LogP contribution is -2.16. The van der Waals surface area contributed by atoms with Crippen LogP contribution in [-0.4, -0.2) is 27.1 Å². The monoisotopic (exact) mass is 327 g/mol. The highest BCUT2D eigenvalue weighted by atomic mass is 32.2. The lowest BCUT2D eigenvalue weighted by Gasteiger charge is -2.12. The van der Waals surface area contributed by atoms with Gasteiger partial charge in [0.25, 0.3) is 10.0 Å². The van der Waals surface area contributed by atoms with Crippen LogP contribution in [0.1, 0.15) is 12.5 Å². The molecule has 2 N–H and O–H groups in total. The summed E-state index contributed by atoms with van der Waals surface area (Å²) in [5.74, 6) is 0.657. The quantitative estimate of drug-likeness (QED) is 0.814. The number of nitrogens with one attached hydrogen (secondary N) is 2. The van der Waals surface area contributed by atoms with E-state index < -0.39 is 10.0 Å². The maximum Gasteiger partial charge on any atom is 0.263 e. The van der Waals surface area contributed by atoms with Gasteiger partial charge in [-0.3, -0.25) is 4.72 Å². The van der Waals surface area contributed by atoms with Gasteiger partial charge in [-0.05, 0) is 24.7 Å². The number of methoxy groups -OCH3 is 1. The number of hydrogen-bond acceptors (Lipinski definition) is 6. The summed E-state index contributed by atoms with van der Waals surface area (Å²) in [5.41, 5.74) is 0.793. The summed E-state index contributed by atoms with van der Waals surface area (Å²) in [7, 11) is -2.08. The predicted molar refractivity (Wildman–Crippen MR) is 83.3 cm³/mol. The zero-order valence-corrected chi connectivity index (χ0v) is 13.4. The van der Waals surface area contributed by atoms with E-state index in [0.717, 1.165) is 12.1 Å². The minimum absolute atomic E-state index is 0.186. The summed E-state index contributed by atoms with van der Waals surface area (Å²) in [6.45, 7) is 3.31. The maximum absolute atomic E-state index is 12.3. The molecule has 0 fully saturated rings. The van der Waals surface area contributed by atoms with Crippen molar-refractivity contribution in [1.82, 2.24) is 10.3 Å². The molecule has 1 heterocycles. The van der Waals surface area contributed by atoms with Gasteiger partial charge in [0, 0.05) is 23.7 Å². The van der Waals surface area contributed by atoms with Crippen LogP contribution in [0, 0.1) is 0 Å². The van der Waals surface area contributed by atoms with Gasteiger partial charge in [0.2, 0.25) is 0 Å². The van der Waals surface area contributed by atoms with Gasteiger partial charge in [-0.25, -0.2) is 13.4 Å². The van der Waals surface area contributed by atoms with Crippen LogP contribution in [0.25, 0.3) is 0 Å². The van der Waals surface area contributed by atoms with E-state index in [2.05, 4.69) is 15.0 Å². The van der Waals surface area contributed by atoms with E-state index in [9.17, 15) is 8.42 Å². The van der Waals surface area contributed by atoms with Gasteiger partial charge in [0.15, 0.2) is 5.13 Å². The van der Waals surface area contributed by atoms with Crippen molar-refractivity contribution in [3.8, 4) is 5.75 Å². The van der Waals surface area contributed by atoms with E-state index in [1.807, 2.05) is 6.92 Å². The highest BCUT2D eigenvalue weighted by Crippen LogP contribution is 2.24. The zero-order valence-electron chi connectivity index (χ0n) is 11.8. The molecule has 0 amide bonds. The van der Waals surface area contributed by atoms with E-state index in [0.29, 0.717) is 17.4 Å². The summed E-state index contributed by atoms with van der Waals surface area (Å²) >= 11 is 1.23. The number of thiazole rings is 1. The molecule has 1 aromatic heterocycles. The number of benzene rings is 1. The Bertz CT molecular complexity index is 685. The van der Waals surface area contributed by atoms with Crippen molar-refractivity contribution in [2.75, 3.05) is 18.4 Å². The van der Waals surface area contributed by atoms with Crippen molar-refractivity contribution >= 4 is 26.5 Å². The number of rotatable bonds is 7. The molecule has 21 heavy (non-hydrogen) atoms. The first-order valence-electron chi connectivity index (χ1n) is 6.36. The van der Waals surface area contributed by atoms with Gasteiger partial charge in [-0.1, -0.05) is 6.92 Å². The highest BCUT2D eigenvalue weighted by Gasteiger charge is 2.17. The second-order valence-corrected chi connectivity index (χ2v) is 6.77. The van der Waals surface area contributed by atoms with Crippen LogP contribution < -0.4 is 14.8 Å². The standard InChI is InChI=1S/C13H17N3O3S2/c1-3-14-9-10-8-11(4-5-12(10)19-2)21(17,18)16-13-15-6-7-20-13/h4-8,14H,3,9H2,1-2H3,(H,15,16). The third-order valence-electron chi connectivity index (χ3n) is 2.78. The smallest absolute Gasteiger partial charge is 0.263 e. The molecular formula is C13H17N3O3S2. The molecule has 0 atom stereocenters. The first kappa shape index (κ1) is 15.7. The van der Waals surface area contributed by atoms with Crippen molar-refractivity contribution in [3.63, 3.8) is 0 Å². The summed E-state index contributed by atoms with van der Waals surface area (Å²) in [6, 6.07) is 4.78. The van der Waals surface area contributed by atoms with E-state index >= 15 is 0 Å². The SMILES string of the molecule is CCNCc1cc(S(=O)(=O)Nc2nccs2)ccc1OC. The fourth-order valence-corrected chi connectivity index (χ4v) is 3.61. The summed E-state index contributed by atoms with van der Waals surface area (Å²) in [5, 5.41) is 5.22. The molecule has 8 heteroatoms. The molecule has 2 rings (SSSR count). The lowest BCUT2D eigenvalue weighted by molar-refractivity contribution is 0.407. The van der Waals surface area contributed by atoms with E-state index in [1.54, 1.807) is 30.8 Å². The normalized spacial score (nSPS) is 11.3. The van der Waals surface area contributed by atoms with Crippen molar-refractivity contribution in [2.45, 2.75) is 18.4 Å². The van der Waals surface area contributed by atoms with Crippen molar-refractivity contribution in [1.29, 1.82) is 0 Å². The molecule has 0 unspecified atom stereocenters. The number of hydrogen-bond donors (Lipinski definition) is 2. The Hall–Kier alpha value is -1.64. The van der Waals surface area contributed by atoms with Crippen LogP contribution in [0.15, 0.2) is 34.7 Å². The Morgan fingerprint density at radius 3 is 2.81 bits per heavy atom. The summed E-state index contributed by atoms with van der Waals surface area (Å²) < 4.78 is 32.3. The van der Waals surface area contributed by atoms with Crippen LogP contribution >= 0.6 is 11.3 Å². The van der Waals surface area contributed by atoms with Crippen molar-refractivity contribution in [2.24, 2.45) is 0 Å². The predicted octanol–water partition coefficient (Wildman–Crippen LogP) is 2.06. The highest BCUT2D eigenvalue weighted by molar-refractivity contribution is 7.93. The first-order valence-corrected chi connectivity index (χ1v) is 8.73. The molecule has 0 aliphatic carbocycles. The molecule has 0 saturated heterocycles. The third-order valence-corrected chi connectivity index (χ3v) is 4.94. The average molecular weight is 327 g/mol. The molecule has 2 aromatic rings. The lowest BCUT2D eigenvalue weighted by atomic mass is 10.2. The maximum atomic E-state index is 12.3. The molecule has 0 aliphatic rings. The fourth-order valence-electron chi connectivity index (χ4n) is 1.77. The number of aromatic nitrogens is 1. The van der Waals surface area contributed by atoms with E-state index in [-0.39, 0.29) is 4.90 Å². The number of nitrogens with zero attached hydrogens (tertiary/aromatic N) is 1. The molecule has 114 valence electrons. The molecular weight excluding hydrogens is 310 g/mol. The van der Waals surface area contributed by atoms with Crippen LogP contribution in [0.2, 0.25) is 0 Å². The number of sulfonamides is 1. The molecule has 0 spiro atoms. The van der Waals surface area contributed by atoms with Gasteiger partial charge in [0.1, 0.15) is 5.75 Å². The van der Waals surface area contributed by atoms with Gasteiger partial charge in [0.05, 0.1) is 12.0 Å². The van der Waals surface area contributed by atoms with E-state index in [4.69, 9.17) is 4.74 Å². The Morgan fingerprint density at radius 1 is 1.38 bits per heavy atom. The number of ether oxygens (including phenoxy) is 1. The van der Waals surface area contributed by atoms with Crippen LogP contribution in [0.3, 0.4) is 0 Å². The van der Waals surface area contributed by atoms with Crippen LogP contribution in [0.5, 0.6) is 5.75 Å². The molecule has 0 aliphatic heterocycles. The van der Waals surface area contributed by atoms with Crippen LogP contribution in [-0.2, 0) is 16.6 Å². The third kappa shape index (κ3) is 3.93. The molecule has 6 nitrogen and oxygen atoms in total. The minimum atomic E-state index is -3.64. The average Bonchev–Trinajstić information content (AvgIpc) is 2.96. The second-order valence-electron chi connectivity index (χ2n) is 4.20. The van der Waals surface area contributed by atoms with Crippen LogP contribution in [0.4, 0.5) is 5.13 Å². The Balaban J connectivity index is 2.30. The molecule has 0 bridgehead atoms. The van der Waals surface area contributed by atoms with E-state index in [1.165, 1.54) is 17.4 Å². The molecule has 0 radical (unpaired) electrons. The second kappa shape index (κ2) is 6.88. The zero-order chi connectivity index (χ0) is 15.3. The van der Waals surface area contributed by atoms with Gasteiger partial charge in [-0.15, -0.1) is 11.3 Å². The minimum Gasteiger partial charge on any atom is -0.496 e. The first-order chi connectivity index (χ1) is 10.1. The van der Waals surface area contributed by atoms with Gasteiger partial charge in [-0.2, -0.15) is 0 Å². The van der Waals surface area contributed by atoms with Gasteiger partial charge >= 0.3 is 0 Å². The molecule has 0 saturated carbocycles. The summed E-state index contributed by atoms with van der Waals surface area (Å²) in [4.78, 5) is 4.11. The Kier molecular flexibility index (Phi) is 5.16. The Labute approximate surface area is 128 Å². The topological polar surface area (TPSA) is 80.3 Å².